The Bertz CT molecular complexity index is 956. The molecule has 1 aromatic heterocycles. The zero-order valence-electron chi connectivity index (χ0n) is 18.9. The van der Waals surface area contributed by atoms with Gasteiger partial charge in [-0.2, -0.15) is 0 Å². The van der Waals surface area contributed by atoms with Crippen molar-refractivity contribution in [3.8, 4) is 0 Å². The molecule has 0 saturated carbocycles. The van der Waals surface area contributed by atoms with Gasteiger partial charge < -0.3 is 19.9 Å². The minimum atomic E-state index is -0.500. The van der Waals surface area contributed by atoms with E-state index in [0.29, 0.717) is 39.1 Å². The van der Waals surface area contributed by atoms with Crippen molar-refractivity contribution in [2.24, 2.45) is 5.92 Å². The molecule has 1 atom stereocenters. The molecule has 32 heavy (non-hydrogen) atoms. The van der Waals surface area contributed by atoms with Gasteiger partial charge in [-0.3, -0.25) is 9.59 Å². The molecule has 0 spiro atoms. The molecular weight excluding hydrogens is 404 g/mol. The molecular formula is C25H32N4O3. The number of rotatable bonds is 6. The van der Waals surface area contributed by atoms with Crippen LogP contribution in [-0.4, -0.2) is 54.0 Å². The van der Waals surface area contributed by atoms with Crippen molar-refractivity contribution in [2.75, 3.05) is 31.2 Å². The Labute approximate surface area is 189 Å². The summed E-state index contributed by atoms with van der Waals surface area (Å²) >= 11 is 0. The Morgan fingerprint density at radius 2 is 1.88 bits per heavy atom. The van der Waals surface area contributed by atoms with Gasteiger partial charge in [0.15, 0.2) is 0 Å². The van der Waals surface area contributed by atoms with Crippen molar-refractivity contribution in [2.45, 2.75) is 45.8 Å². The van der Waals surface area contributed by atoms with Crippen molar-refractivity contribution >= 4 is 17.6 Å². The van der Waals surface area contributed by atoms with E-state index in [4.69, 9.17) is 4.74 Å². The molecule has 170 valence electrons. The number of ether oxygens (including phenoxy) is 1. The van der Waals surface area contributed by atoms with E-state index >= 15 is 0 Å². The number of carbonyl (C=O) groups excluding carboxylic acids is 2. The minimum Gasteiger partial charge on any atom is -0.378 e. The number of aromatic nitrogens is 1. The van der Waals surface area contributed by atoms with E-state index in [-0.39, 0.29) is 17.7 Å². The lowest BCUT2D eigenvalue weighted by molar-refractivity contribution is -0.142. The number of benzene rings is 1. The van der Waals surface area contributed by atoms with Gasteiger partial charge in [-0.05, 0) is 23.1 Å². The van der Waals surface area contributed by atoms with Crippen LogP contribution in [0.4, 0.5) is 5.82 Å². The molecule has 1 unspecified atom stereocenters. The molecule has 0 bridgehead atoms. The largest absolute Gasteiger partial charge is 0.378 e. The molecule has 1 fully saturated rings. The lowest BCUT2D eigenvalue weighted by Crippen LogP contribution is -2.52. The predicted octanol–water partition coefficient (Wildman–Crippen LogP) is 2.53. The maximum absolute atomic E-state index is 13.3. The molecule has 1 saturated heterocycles. The highest BCUT2D eigenvalue weighted by atomic mass is 16.5. The first-order chi connectivity index (χ1) is 15.5. The lowest BCUT2D eigenvalue weighted by atomic mass is 9.92. The van der Waals surface area contributed by atoms with Crippen LogP contribution < -0.4 is 10.2 Å². The second kappa shape index (κ2) is 10.1. The monoisotopic (exact) mass is 436 g/mol. The Morgan fingerprint density at radius 3 is 2.62 bits per heavy atom. The summed E-state index contributed by atoms with van der Waals surface area (Å²) in [6.07, 6.45) is 2.76. The molecule has 3 heterocycles. The van der Waals surface area contributed by atoms with E-state index in [2.05, 4.69) is 21.3 Å². The van der Waals surface area contributed by atoms with Gasteiger partial charge in [0.25, 0.3) is 0 Å². The number of nitrogens with zero attached hydrogens (tertiary/aromatic N) is 3. The van der Waals surface area contributed by atoms with Gasteiger partial charge in [0.2, 0.25) is 11.8 Å². The highest BCUT2D eigenvalue weighted by Crippen LogP contribution is 2.25. The van der Waals surface area contributed by atoms with Gasteiger partial charge in [0.05, 0.1) is 13.2 Å². The number of nitrogens with one attached hydrogen (secondary N) is 1. The Hall–Kier alpha value is -2.93. The van der Waals surface area contributed by atoms with E-state index in [1.807, 2.05) is 44.2 Å². The topological polar surface area (TPSA) is 74.8 Å². The van der Waals surface area contributed by atoms with Crippen LogP contribution >= 0.6 is 0 Å². The third-order valence-corrected chi connectivity index (χ3v) is 6.09. The fourth-order valence-electron chi connectivity index (χ4n) is 4.41. The second-order valence-corrected chi connectivity index (χ2v) is 8.91. The van der Waals surface area contributed by atoms with Crippen LogP contribution in [0.5, 0.6) is 0 Å². The Balaban J connectivity index is 1.49. The number of morpholine rings is 1. The van der Waals surface area contributed by atoms with Gasteiger partial charge in [0, 0.05) is 50.8 Å². The molecule has 2 aliphatic heterocycles. The van der Waals surface area contributed by atoms with Crippen molar-refractivity contribution in [1.82, 2.24) is 15.2 Å². The van der Waals surface area contributed by atoms with Gasteiger partial charge in [-0.15, -0.1) is 0 Å². The summed E-state index contributed by atoms with van der Waals surface area (Å²) in [5.74, 6) is 1.05. The first-order valence-corrected chi connectivity index (χ1v) is 11.4. The Kier molecular flexibility index (Phi) is 7.05. The lowest BCUT2D eigenvalue weighted by Gasteiger charge is -2.36. The van der Waals surface area contributed by atoms with Crippen LogP contribution in [-0.2, 0) is 33.8 Å². The van der Waals surface area contributed by atoms with Gasteiger partial charge in [-0.1, -0.05) is 44.2 Å². The number of hydrogen-bond donors (Lipinski definition) is 1. The minimum absolute atomic E-state index is 0.0324. The quantitative estimate of drug-likeness (QED) is 0.753. The highest BCUT2D eigenvalue weighted by Gasteiger charge is 2.34. The molecule has 7 heteroatoms. The number of carbonyl (C=O) groups is 2. The Morgan fingerprint density at radius 1 is 1.12 bits per heavy atom. The molecule has 0 aliphatic carbocycles. The SMILES string of the molecule is CC(C)CC(=O)N1Cc2ccccc2CC1C(=O)NCc1cccnc1N1CCOCC1. The molecule has 0 radical (unpaired) electrons. The fourth-order valence-corrected chi connectivity index (χ4v) is 4.41. The van der Waals surface area contributed by atoms with Crippen molar-refractivity contribution in [1.29, 1.82) is 0 Å². The van der Waals surface area contributed by atoms with Crippen LogP contribution in [0.3, 0.4) is 0 Å². The molecule has 1 N–H and O–H groups in total. The van der Waals surface area contributed by atoms with Crippen molar-refractivity contribution in [3.63, 3.8) is 0 Å². The number of amides is 2. The van der Waals surface area contributed by atoms with Crippen molar-refractivity contribution in [3.05, 3.63) is 59.3 Å². The molecule has 2 aliphatic rings. The summed E-state index contributed by atoms with van der Waals surface area (Å²) < 4.78 is 5.45. The van der Waals surface area contributed by atoms with Crippen LogP contribution in [0.25, 0.3) is 0 Å². The summed E-state index contributed by atoms with van der Waals surface area (Å²) in [6.45, 7) is 7.84. The predicted molar refractivity (Wildman–Crippen MR) is 123 cm³/mol. The smallest absolute Gasteiger partial charge is 0.243 e. The third kappa shape index (κ3) is 5.10. The molecule has 4 rings (SSSR count). The maximum Gasteiger partial charge on any atom is 0.243 e. The normalized spacial score (nSPS) is 18.4. The number of hydrogen-bond acceptors (Lipinski definition) is 5. The number of fused-ring (bicyclic) bond motifs is 1. The molecule has 7 nitrogen and oxygen atoms in total. The average molecular weight is 437 g/mol. The van der Waals surface area contributed by atoms with Gasteiger partial charge in [-0.25, -0.2) is 4.98 Å². The summed E-state index contributed by atoms with van der Waals surface area (Å²) in [5.41, 5.74) is 3.23. The first-order valence-electron chi connectivity index (χ1n) is 11.4. The van der Waals surface area contributed by atoms with Gasteiger partial charge in [0.1, 0.15) is 11.9 Å². The van der Waals surface area contributed by atoms with Gasteiger partial charge >= 0.3 is 0 Å². The van der Waals surface area contributed by atoms with Crippen molar-refractivity contribution < 1.29 is 14.3 Å². The van der Waals surface area contributed by atoms with Crippen LogP contribution in [0.15, 0.2) is 42.6 Å². The zero-order valence-corrected chi connectivity index (χ0v) is 18.9. The number of anilines is 1. The molecule has 1 aromatic carbocycles. The van der Waals surface area contributed by atoms with E-state index in [1.54, 1.807) is 11.1 Å². The summed E-state index contributed by atoms with van der Waals surface area (Å²) in [6, 6.07) is 11.5. The zero-order chi connectivity index (χ0) is 22.5. The summed E-state index contributed by atoms with van der Waals surface area (Å²) in [4.78, 5) is 34.8. The maximum atomic E-state index is 13.3. The van der Waals surface area contributed by atoms with E-state index < -0.39 is 6.04 Å². The van der Waals surface area contributed by atoms with E-state index in [0.717, 1.165) is 35.6 Å². The highest BCUT2D eigenvalue weighted by molar-refractivity contribution is 5.88. The first kappa shape index (κ1) is 22.3. The van der Waals surface area contributed by atoms with Crippen LogP contribution in [0, 0.1) is 5.92 Å². The van der Waals surface area contributed by atoms with Crippen LogP contribution in [0.2, 0.25) is 0 Å². The fraction of sp³-hybridized carbons (Fsp3) is 0.480. The summed E-state index contributed by atoms with van der Waals surface area (Å²) in [7, 11) is 0. The van der Waals surface area contributed by atoms with Crippen LogP contribution in [0.1, 0.15) is 37.0 Å². The molecule has 2 aromatic rings. The molecule has 2 amide bonds. The second-order valence-electron chi connectivity index (χ2n) is 8.91. The third-order valence-electron chi connectivity index (χ3n) is 6.09. The standard InChI is InChI=1S/C25H32N4O3/c1-18(2)14-23(30)29-17-21-7-4-3-6-19(21)15-22(29)25(31)27-16-20-8-5-9-26-24(20)28-10-12-32-13-11-28/h3-9,18,22H,10-17H2,1-2H3,(H,27,31). The average Bonchev–Trinajstić information content (AvgIpc) is 2.82. The van der Waals surface area contributed by atoms with E-state index in [1.165, 1.54) is 0 Å². The van der Waals surface area contributed by atoms with E-state index in [9.17, 15) is 9.59 Å². The summed E-state index contributed by atoms with van der Waals surface area (Å²) in [5, 5.41) is 3.09. The number of pyridine rings is 1.